The van der Waals surface area contributed by atoms with Gasteiger partial charge in [0.15, 0.2) is 0 Å². The van der Waals surface area contributed by atoms with Crippen LogP contribution in [0.2, 0.25) is 0 Å². The number of piperazine rings is 1. The minimum absolute atomic E-state index is 0.363. The Hall–Kier alpha value is -1.37. The van der Waals surface area contributed by atoms with Crippen LogP contribution in [-0.2, 0) is 11.3 Å². The summed E-state index contributed by atoms with van der Waals surface area (Å²) in [6, 6.07) is 1.72. The van der Waals surface area contributed by atoms with E-state index >= 15 is 0 Å². The van der Waals surface area contributed by atoms with Crippen molar-refractivity contribution in [3.63, 3.8) is 0 Å². The largest absolute Gasteiger partial charge is 0.467 e. The third kappa shape index (κ3) is 4.33. The van der Waals surface area contributed by atoms with Crippen molar-refractivity contribution in [2.24, 2.45) is 0 Å². The molecule has 1 aliphatic heterocycles. The van der Waals surface area contributed by atoms with Crippen LogP contribution in [0.3, 0.4) is 0 Å². The van der Waals surface area contributed by atoms with Gasteiger partial charge in [0.1, 0.15) is 12.0 Å². The van der Waals surface area contributed by atoms with Crippen LogP contribution in [0.4, 0.5) is 0 Å². The van der Waals surface area contributed by atoms with E-state index in [4.69, 9.17) is 4.42 Å². The lowest BCUT2D eigenvalue weighted by atomic mass is 10.3. The zero-order valence-electron chi connectivity index (χ0n) is 12.2. The van der Waals surface area contributed by atoms with E-state index < -0.39 is 0 Å². The number of nitrogens with one attached hydrogen (secondary N) is 1. The molecule has 2 heterocycles. The van der Waals surface area contributed by atoms with Crippen LogP contribution in [0.1, 0.15) is 16.1 Å². The standard InChI is InChI=1S/C14H23N3O3/c1-16-5-7-17(8-6-16)4-3-15-10-13-9-12(11-20-13)14(18)19-2/h9,11,15H,3-8,10H2,1-2H3. The van der Waals surface area contributed by atoms with Gasteiger partial charge < -0.3 is 19.4 Å². The fourth-order valence-corrected chi connectivity index (χ4v) is 2.22. The lowest BCUT2D eigenvalue weighted by Crippen LogP contribution is -2.46. The first-order valence-corrected chi connectivity index (χ1v) is 6.96. The molecule has 0 bridgehead atoms. The van der Waals surface area contributed by atoms with E-state index in [9.17, 15) is 4.79 Å². The number of nitrogens with zero attached hydrogens (tertiary/aromatic N) is 2. The number of hydrogen-bond donors (Lipinski definition) is 1. The van der Waals surface area contributed by atoms with Gasteiger partial charge in [0.05, 0.1) is 19.2 Å². The summed E-state index contributed by atoms with van der Waals surface area (Å²) in [6.07, 6.45) is 1.43. The maximum Gasteiger partial charge on any atom is 0.341 e. The number of methoxy groups -OCH3 is 1. The fourth-order valence-electron chi connectivity index (χ4n) is 2.22. The molecule has 1 aromatic rings. The molecule has 1 aliphatic rings. The molecule has 20 heavy (non-hydrogen) atoms. The van der Waals surface area contributed by atoms with Gasteiger partial charge in [0.2, 0.25) is 0 Å². The van der Waals surface area contributed by atoms with E-state index in [2.05, 4.69) is 26.9 Å². The maximum atomic E-state index is 11.3. The van der Waals surface area contributed by atoms with Crippen molar-refractivity contribution >= 4 is 5.97 Å². The molecule has 0 aromatic carbocycles. The molecule has 0 amide bonds. The Bertz CT molecular complexity index is 425. The third-order valence-electron chi connectivity index (χ3n) is 3.57. The highest BCUT2D eigenvalue weighted by Gasteiger charge is 2.13. The number of carbonyl (C=O) groups is 1. The summed E-state index contributed by atoms with van der Waals surface area (Å²) in [4.78, 5) is 16.1. The minimum atomic E-state index is -0.363. The molecule has 0 radical (unpaired) electrons. The number of hydrogen-bond acceptors (Lipinski definition) is 6. The first-order chi connectivity index (χ1) is 9.69. The second kappa shape index (κ2) is 7.42. The number of likely N-dealkylation sites (N-methyl/N-ethyl adjacent to an activating group) is 1. The molecule has 0 saturated carbocycles. The molecule has 0 atom stereocenters. The van der Waals surface area contributed by atoms with Gasteiger partial charge in [0.25, 0.3) is 0 Å². The summed E-state index contributed by atoms with van der Waals surface area (Å²) in [5.74, 6) is 0.390. The molecular weight excluding hydrogens is 258 g/mol. The Kier molecular flexibility index (Phi) is 5.58. The zero-order chi connectivity index (χ0) is 14.4. The highest BCUT2D eigenvalue weighted by molar-refractivity contribution is 5.88. The minimum Gasteiger partial charge on any atom is -0.467 e. The topological polar surface area (TPSA) is 58.0 Å². The molecule has 6 nitrogen and oxygen atoms in total. The Morgan fingerprint density at radius 2 is 2.15 bits per heavy atom. The molecule has 1 fully saturated rings. The molecule has 0 unspecified atom stereocenters. The molecule has 0 aliphatic carbocycles. The second-order valence-electron chi connectivity index (χ2n) is 5.11. The quantitative estimate of drug-likeness (QED) is 0.602. The molecule has 2 rings (SSSR count). The van der Waals surface area contributed by atoms with Crippen LogP contribution < -0.4 is 5.32 Å². The normalized spacial score (nSPS) is 17.3. The van der Waals surface area contributed by atoms with Crippen LogP contribution in [0.15, 0.2) is 16.7 Å². The van der Waals surface area contributed by atoms with Crippen LogP contribution in [0, 0.1) is 0 Å². The van der Waals surface area contributed by atoms with Crippen molar-refractivity contribution in [3.8, 4) is 0 Å². The number of esters is 1. The first kappa shape index (κ1) is 15.0. The lowest BCUT2D eigenvalue weighted by molar-refractivity contribution is 0.0600. The third-order valence-corrected chi connectivity index (χ3v) is 3.57. The van der Waals surface area contributed by atoms with Gasteiger partial charge in [-0.2, -0.15) is 0 Å². The van der Waals surface area contributed by atoms with E-state index in [1.807, 2.05) is 0 Å². The molecule has 0 spiro atoms. The Labute approximate surface area is 119 Å². The van der Waals surface area contributed by atoms with E-state index in [0.717, 1.165) is 45.0 Å². The molecule has 112 valence electrons. The average molecular weight is 281 g/mol. The molecule has 1 aromatic heterocycles. The summed E-state index contributed by atoms with van der Waals surface area (Å²) in [5, 5.41) is 3.33. The van der Waals surface area contributed by atoms with Crippen LogP contribution in [0.25, 0.3) is 0 Å². The Morgan fingerprint density at radius 3 is 2.85 bits per heavy atom. The number of ether oxygens (including phenoxy) is 1. The lowest BCUT2D eigenvalue weighted by Gasteiger charge is -2.32. The van der Waals surface area contributed by atoms with Gasteiger partial charge in [-0.1, -0.05) is 0 Å². The number of rotatable bonds is 6. The average Bonchev–Trinajstić information content (AvgIpc) is 2.93. The van der Waals surface area contributed by atoms with Crippen LogP contribution >= 0.6 is 0 Å². The van der Waals surface area contributed by atoms with Crippen molar-refractivity contribution in [2.45, 2.75) is 6.54 Å². The summed E-state index contributed by atoms with van der Waals surface area (Å²) >= 11 is 0. The van der Waals surface area contributed by atoms with Crippen molar-refractivity contribution in [1.29, 1.82) is 0 Å². The number of furan rings is 1. The SMILES string of the molecule is COC(=O)c1coc(CNCCN2CCN(C)CC2)c1. The van der Waals surface area contributed by atoms with Gasteiger partial charge in [0, 0.05) is 39.3 Å². The van der Waals surface area contributed by atoms with E-state index in [1.54, 1.807) is 6.07 Å². The highest BCUT2D eigenvalue weighted by Crippen LogP contribution is 2.08. The van der Waals surface area contributed by atoms with Crippen molar-refractivity contribution < 1.29 is 13.9 Å². The van der Waals surface area contributed by atoms with Gasteiger partial charge in [-0.25, -0.2) is 4.79 Å². The summed E-state index contributed by atoms with van der Waals surface area (Å²) in [5.41, 5.74) is 0.461. The van der Waals surface area contributed by atoms with Crippen molar-refractivity contribution in [1.82, 2.24) is 15.1 Å². The monoisotopic (exact) mass is 281 g/mol. The van der Waals surface area contributed by atoms with E-state index in [-0.39, 0.29) is 5.97 Å². The predicted molar refractivity (Wildman–Crippen MR) is 75.7 cm³/mol. The van der Waals surface area contributed by atoms with Crippen LogP contribution in [-0.4, -0.2) is 69.2 Å². The van der Waals surface area contributed by atoms with Crippen LogP contribution in [0.5, 0.6) is 0 Å². The highest BCUT2D eigenvalue weighted by atomic mass is 16.5. The maximum absolute atomic E-state index is 11.3. The molecule has 6 heteroatoms. The molecule has 1 saturated heterocycles. The van der Waals surface area contributed by atoms with Gasteiger partial charge in [-0.05, 0) is 13.1 Å². The Balaban J connectivity index is 1.63. The summed E-state index contributed by atoms with van der Waals surface area (Å²) in [7, 11) is 3.52. The molecular formula is C14H23N3O3. The summed E-state index contributed by atoms with van der Waals surface area (Å²) < 4.78 is 9.94. The van der Waals surface area contributed by atoms with E-state index in [0.29, 0.717) is 12.1 Å². The Morgan fingerprint density at radius 1 is 1.40 bits per heavy atom. The van der Waals surface area contributed by atoms with Gasteiger partial charge >= 0.3 is 5.97 Å². The predicted octanol–water partition coefficient (Wildman–Crippen LogP) is 0.403. The van der Waals surface area contributed by atoms with Crippen molar-refractivity contribution in [3.05, 3.63) is 23.7 Å². The molecule has 1 N–H and O–H groups in total. The smallest absolute Gasteiger partial charge is 0.341 e. The van der Waals surface area contributed by atoms with Crippen molar-refractivity contribution in [2.75, 3.05) is 53.4 Å². The van der Waals surface area contributed by atoms with Gasteiger partial charge in [-0.15, -0.1) is 0 Å². The van der Waals surface area contributed by atoms with Gasteiger partial charge in [-0.3, -0.25) is 4.90 Å². The zero-order valence-corrected chi connectivity index (χ0v) is 12.2. The fraction of sp³-hybridized carbons (Fsp3) is 0.643. The number of carbonyl (C=O) groups excluding carboxylic acids is 1. The van der Waals surface area contributed by atoms with E-state index in [1.165, 1.54) is 13.4 Å². The second-order valence-corrected chi connectivity index (χ2v) is 5.11. The summed E-state index contributed by atoms with van der Waals surface area (Å²) in [6.45, 7) is 7.12. The first-order valence-electron chi connectivity index (χ1n) is 6.96.